The Bertz CT molecular complexity index is 881. The molecule has 4 saturated carbocycles. The summed E-state index contributed by atoms with van der Waals surface area (Å²) in [5.41, 5.74) is 0.803. The van der Waals surface area contributed by atoms with Crippen molar-refractivity contribution >= 4 is 10.4 Å². The third-order valence-electron chi connectivity index (χ3n) is 12.8. The summed E-state index contributed by atoms with van der Waals surface area (Å²) in [4.78, 5) is 0. The van der Waals surface area contributed by atoms with Crippen LogP contribution in [0.4, 0.5) is 0 Å². The molecule has 0 aromatic carbocycles. The van der Waals surface area contributed by atoms with Gasteiger partial charge in [0.15, 0.2) is 0 Å². The Kier molecular flexibility index (Phi) is 7.38. The van der Waals surface area contributed by atoms with E-state index in [1.807, 2.05) is 0 Å². The van der Waals surface area contributed by atoms with E-state index >= 15 is 0 Å². The fourth-order valence-corrected chi connectivity index (χ4v) is 11.4. The average molecular weight is 511 g/mol. The van der Waals surface area contributed by atoms with Gasteiger partial charge in [-0.2, -0.15) is 8.42 Å². The Morgan fingerprint density at radius 2 is 1.49 bits per heavy atom. The standard InChI is InChI=1S/C30H54O4S/c1-20(2)10-9-11-21(3)22-14-18-30(8)24-12-13-25-27(4,5)26(34-35(31,32)33)16-17-28(25,6)23(24)15-19-29(22,30)7/h20-26H,9-19H2,1-8H3,(H,31,32,33)/t21?,22?,23?,24?,25?,26?,28?,29?,30-/m0/s1. The van der Waals surface area contributed by atoms with Crippen molar-refractivity contribution in [1.29, 1.82) is 0 Å². The van der Waals surface area contributed by atoms with Gasteiger partial charge in [0.25, 0.3) is 0 Å². The van der Waals surface area contributed by atoms with Crippen LogP contribution < -0.4 is 0 Å². The minimum Gasteiger partial charge on any atom is -0.264 e. The third-order valence-corrected chi connectivity index (χ3v) is 13.3. The summed E-state index contributed by atoms with van der Waals surface area (Å²) in [7, 11) is -4.43. The zero-order valence-corrected chi connectivity index (χ0v) is 24.7. The zero-order valence-electron chi connectivity index (χ0n) is 23.9. The number of rotatable bonds is 7. The van der Waals surface area contributed by atoms with Crippen LogP contribution in [-0.4, -0.2) is 19.1 Å². The number of hydrogen-bond donors (Lipinski definition) is 1. The SMILES string of the molecule is CC(C)CCCC(C)C1CC[C@@]2(C)C3CCC4C(C)(C)C(OS(=O)(=O)O)CCC4(C)C3CCC12C. The molecule has 204 valence electrons. The summed E-state index contributed by atoms with van der Waals surface area (Å²) in [6, 6.07) is 0. The summed E-state index contributed by atoms with van der Waals surface area (Å²) >= 11 is 0. The maximum atomic E-state index is 11.6. The van der Waals surface area contributed by atoms with Crippen LogP contribution in [0.1, 0.15) is 126 Å². The van der Waals surface area contributed by atoms with Crippen LogP contribution in [0.5, 0.6) is 0 Å². The molecule has 0 radical (unpaired) electrons. The predicted molar refractivity (Wildman–Crippen MR) is 143 cm³/mol. The van der Waals surface area contributed by atoms with Gasteiger partial charge in [0.1, 0.15) is 0 Å². The molecule has 4 fully saturated rings. The molecule has 4 nitrogen and oxygen atoms in total. The van der Waals surface area contributed by atoms with Crippen molar-refractivity contribution in [1.82, 2.24) is 0 Å². The smallest absolute Gasteiger partial charge is 0.264 e. The first-order valence-electron chi connectivity index (χ1n) is 14.7. The van der Waals surface area contributed by atoms with Gasteiger partial charge < -0.3 is 0 Å². The molecular formula is C30H54O4S. The Morgan fingerprint density at radius 3 is 2.11 bits per heavy atom. The van der Waals surface area contributed by atoms with E-state index in [2.05, 4.69) is 55.4 Å². The molecule has 0 bridgehead atoms. The van der Waals surface area contributed by atoms with E-state index in [0.717, 1.165) is 36.5 Å². The molecule has 5 heteroatoms. The first-order chi connectivity index (χ1) is 16.1. The molecule has 0 saturated heterocycles. The molecule has 0 aromatic rings. The van der Waals surface area contributed by atoms with Crippen molar-refractivity contribution < 1.29 is 17.2 Å². The van der Waals surface area contributed by atoms with E-state index in [4.69, 9.17) is 4.18 Å². The van der Waals surface area contributed by atoms with Gasteiger partial charge in [-0.15, -0.1) is 0 Å². The Balaban J connectivity index is 1.55. The van der Waals surface area contributed by atoms with E-state index < -0.39 is 16.5 Å². The molecule has 4 aliphatic carbocycles. The van der Waals surface area contributed by atoms with Crippen LogP contribution in [0.3, 0.4) is 0 Å². The maximum Gasteiger partial charge on any atom is 0.397 e. The van der Waals surface area contributed by atoms with Crippen molar-refractivity contribution in [3.8, 4) is 0 Å². The van der Waals surface area contributed by atoms with Crippen molar-refractivity contribution in [2.45, 2.75) is 132 Å². The lowest BCUT2D eigenvalue weighted by molar-refractivity contribution is -0.197. The van der Waals surface area contributed by atoms with Gasteiger partial charge in [-0.25, -0.2) is 4.18 Å². The first kappa shape index (κ1) is 27.9. The molecule has 4 rings (SSSR count). The number of hydrogen-bond acceptors (Lipinski definition) is 3. The van der Waals surface area contributed by atoms with Crippen LogP contribution in [0.25, 0.3) is 0 Å². The van der Waals surface area contributed by atoms with E-state index in [-0.39, 0.29) is 10.8 Å². The lowest BCUT2D eigenvalue weighted by Crippen LogP contribution is -2.62. The maximum absolute atomic E-state index is 11.6. The highest BCUT2D eigenvalue weighted by Gasteiger charge is 2.67. The predicted octanol–water partition coefficient (Wildman–Crippen LogP) is 8.32. The van der Waals surface area contributed by atoms with Crippen molar-refractivity contribution in [3.63, 3.8) is 0 Å². The monoisotopic (exact) mass is 510 g/mol. The summed E-state index contributed by atoms with van der Waals surface area (Å²) in [6.45, 7) is 19.5. The molecule has 35 heavy (non-hydrogen) atoms. The molecule has 0 spiro atoms. The molecule has 4 aliphatic rings. The van der Waals surface area contributed by atoms with Crippen molar-refractivity contribution in [2.24, 2.45) is 57.2 Å². The second kappa shape index (κ2) is 9.26. The summed E-state index contributed by atoms with van der Waals surface area (Å²) < 4.78 is 37.8. The van der Waals surface area contributed by atoms with Crippen LogP contribution in [0.2, 0.25) is 0 Å². The Morgan fingerprint density at radius 1 is 0.829 bits per heavy atom. The highest BCUT2D eigenvalue weighted by atomic mass is 32.3. The molecule has 9 atom stereocenters. The van der Waals surface area contributed by atoms with Crippen LogP contribution in [-0.2, 0) is 14.6 Å². The number of fused-ring (bicyclic) bond motifs is 5. The van der Waals surface area contributed by atoms with Gasteiger partial charge in [-0.1, -0.05) is 74.7 Å². The highest BCUT2D eigenvalue weighted by Crippen LogP contribution is 2.74. The quantitative estimate of drug-likeness (QED) is 0.350. The minimum atomic E-state index is -4.43. The van der Waals surface area contributed by atoms with Crippen LogP contribution in [0.15, 0.2) is 0 Å². The molecule has 0 aliphatic heterocycles. The van der Waals surface area contributed by atoms with Crippen molar-refractivity contribution in [3.05, 3.63) is 0 Å². The average Bonchev–Trinajstić information content (AvgIpc) is 3.01. The summed E-state index contributed by atoms with van der Waals surface area (Å²) in [6.07, 6.45) is 13.2. The molecule has 8 unspecified atom stereocenters. The molecule has 1 N–H and O–H groups in total. The van der Waals surface area contributed by atoms with E-state index in [1.54, 1.807) is 0 Å². The van der Waals surface area contributed by atoms with E-state index in [9.17, 15) is 13.0 Å². The molecular weight excluding hydrogens is 456 g/mol. The van der Waals surface area contributed by atoms with Gasteiger partial charge in [0.05, 0.1) is 6.10 Å². The normalized spacial score (nSPS) is 46.1. The van der Waals surface area contributed by atoms with E-state index in [0.29, 0.717) is 29.1 Å². The van der Waals surface area contributed by atoms with Crippen LogP contribution >= 0.6 is 0 Å². The fraction of sp³-hybridized carbons (Fsp3) is 1.00. The molecule has 0 heterocycles. The minimum absolute atomic E-state index is 0.219. The summed E-state index contributed by atoms with van der Waals surface area (Å²) in [5.74, 6) is 4.38. The van der Waals surface area contributed by atoms with Crippen molar-refractivity contribution in [2.75, 3.05) is 0 Å². The third kappa shape index (κ3) is 4.56. The van der Waals surface area contributed by atoms with Gasteiger partial charge in [-0.3, -0.25) is 4.55 Å². The van der Waals surface area contributed by atoms with Gasteiger partial charge >= 0.3 is 10.4 Å². The lowest BCUT2D eigenvalue weighted by Gasteiger charge is -2.67. The molecule has 0 aromatic heterocycles. The van der Waals surface area contributed by atoms with Gasteiger partial charge in [-0.05, 0) is 109 Å². The van der Waals surface area contributed by atoms with E-state index in [1.165, 1.54) is 51.4 Å². The molecule has 0 amide bonds. The van der Waals surface area contributed by atoms with Crippen LogP contribution in [0, 0.1) is 57.2 Å². The second-order valence-electron chi connectivity index (χ2n) is 15.0. The van der Waals surface area contributed by atoms with Gasteiger partial charge in [0.2, 0.25) is 0 Å². The van der Waals surface area contributed by atoms with Gasteiger partial charge in [0, 0.05) is 0 Å². The second-order valence-corrected chi connectivity index (χ2v) is 16.1. The fourth-order valence-electron chi connectivity index (χ4n) is 10.8. The Labute approximate surface area is 216 Å². The largest absolute Gasteiger partial charge is 0.397 e. The first-order valence-corrected chi connectivity index (χ1v) is 16.1. The summed E-state index contributed by atoms with van der Waals surface area (Å²) in [5, 5.41) is 0. The Hall–Kier alpha value is -0.130. The lowest BCUT2D eigenvalue weighted by atomic mass is 9.38. The topological polar surface area (TPSA) is 63.6 Å². The highest BCUT2D eigenvalue weighted by molar-refractivity contribution is 7.80. The zero-order chi connectivity index (χ0) is 26.0.